The zero-order valence-corrected chi connectivity index (χ0v) is 11.6. The molecule has 0 N–H and O–H groups in total. The van der Waals surface area contributed by atoms with Gasteiger partial charge >= 0.3 is 0 Å². The number of allylic oxidation sites excluding steroid dienone is 1. The second-order valence-electron chi connectivity index (χ2n) is 5.08. The Bertz CT molecular complexity index is 827. The molecule has 0 atom stereocenters. The van der Waals surface area contributed by atoms with E-state index in [0.29, 0.717) is 16.9 Å². The van der Waals surface area contributed by atoms with E-state index in [1.165, 1.54) is 0 Å². The Morgan fingerprint density at radius 1 is 0.636 bits per heavy atom. The van der Waals surface area contributed by atoms with E-state index in [4.69, 9.17) is 0 Å². The summed E-state index contributed by atoms with van der Waals surface area (Å²) in [5.74, 6) is 0.109. The van der Waals surface area contributed by atoms with Gasteiger partial charge < -0.3 is 9.13 Å². The van der Waals surface area contributed by atoms with Crippen molar-refractivity contribution in [1.29, 1.82) is 0 Å². The molecule has 106 valence electrons. The molecule has 1 aliphatic carbocycles. The van der Waals surface area contributed by atoms with Crippen molar-refractivity contribution < 1.29 is 9.59 Å². The van der Waals surface area contributed by atoms with E-state index in [-0.39, 0.29) is 17.1 Å². The average Bonchev–Trinajstić information content (AvgIpc) is 3.27. The third-order valence-corrected chi connectivity index (χ3v) is 3.79. The number of rotatable bonds is 2. The van der Waals surface area contributed by atoms with Crippen molar-refractivity contribution in [2.45, 2.75) is 0 Å². The van der Waals surface area contributed by atoms with E-state index in [9.17, 15) is 9.59 Å². The zero-order chi connectivity index (χ0) is 15.1. The summed E-state index contributed by atoms with van der Waals surface area (Å²) in [6, 6.07) is 14.4. The highest BCUT2D eigenvalue weighted by Gasteiger charge is 2.36. The van der Waals surface area contributed by atoms with E-state index in [0.717, 1.165) is 0 Å². The van der Waals surface area contributed by atoms with Crippen molar-refractivity contribution in [2.75, 3.05) is 0 Å². The molecular weight excluding hydrogens is 276 g/mol. The summed E-state index contributed by atoms with van der Waals surface area (Å²) in [4.78, 5) is 25.5. The van der Waals surface area contributed by atoms with E-state index < -0.39 is 0 Å². The van der Waals surface area contributed by atoms with Crippen molar-refractivity contribution in [3.8, 4) is 0 Å². The SMILES string of the molecule is O=C1C(=C(n2cccc2)n2cccc2)C(=O)c2ccccc21. The predicted octanol–water partition coefficient (Wildman–Crippen LogP) is 2.90. The first-order chi connectivity index (χ1) is 10.8. The Labute approximate surface area is 126 Å². The number of fused-ring (bicyclic) bond motifs is 1. The summed E-state index contributed by atoms with van der Waals surface area (Å²) < 4.78 is 3.58. The average molecular weight is 288 g/mol. The summed E-state index contributed by atoms with van der Waals surface area (Å²) in [6.45, 7) is 0. The lowest BCUT2D eigenvalue weighted by atomic mass is 10.1. The number of hydrogen-bond acceptors (Lipinski definition) is 2. The molecule has 4 nitrogen and oxygen atoms in total. The Morgan fingerprint density at radius 2 is 1.05 bits per heavy atom. The van der Waals surface area contributed by atoms with Crippen molar-refractivity contribution in [3.05, 3.63) is 95.8 Å². The maximum Gasteiger partial charge on any atom is 0.201 e. The van der Waals surface area contributed by atoms with Crippen LogP contribution >= 0.6 is 0 Å². The molecule has 0 saturated heterocycles. The van der Waals surface area contributed by atoms with Gasteiger partial charge in [-0.1, -0.05) is 24.3 Å². The van der Waals surface area contributed by atoms with E-state index in [1.807, 2.05) is 49.1 Å². The first-order valence-electron chi connectivity index (χ1n) is 6.97. The molecule has 0 fully saturated rings. The van der Waals surface area contributed by atoms with Gasteiger partial charge in [0, 0.05) is 35.9 Å². The molecule has 22 heavy (non-hydrogen) atoms. The Balaban J connectivity index is 2.03. The molecule has 0 bridgehead atoms. The van der Waals surface area contributed by atoms with Gasteiger partial charge in [-0.3, -0.25) is 9.59 Å². The monoisotopic (exact) mass is 288 g/mol. The Hall–Kier alpha value is -3.14. The smallest absolute Gasteiger partial charge is 0.201 e. The fourth-order valence-electron chi connectivity index (χ4n) is 2.80. The van der Waals surface area contributed by atoms with Crippen LogP contribution in [0.1, 0.15) is 20.7 Å². The van der Waals surface area contributed by atoms with E-state index in [1.54, 1.807) is 33.4 Å². The van der Waals surface area contributed by atoms with Gasteiger partial charge in [0.25, 0.3) is 0 Å². The minimum atomic E-state index is -0.224. The standard InChI is InChI=1S/C18H12N2O2/c21-16-13-7-1-2-8-14(13)17(22)15(16)18(19-9-3-4-10-19)20-11-5-6-12-20/h1-12H. The van der Waals surface area contributed by atoms with Gasteiger partial charge in [0.05, 0.1) is 0 Å². The van der Waals surface area contributed by atoms with Crippen molar-refractivity contribution >= 4 is 11.6 Å². The molecule has 0 unspecified atom stereocenters. The van der Waals surface area contributed by atoms with Gasteiger partial charge in [-0.25, -0.2) is 0 Å². The first kappa shape index (κ1) is 12.6. The van der Waals surface area contributed by atoms with Crippen LogP contribution in [-0.4, -0.2) is 20.7 Å². The zero-order valence-electron chi connectivity index (χ0n) is 11.6. The second kappa shape index (κ2) is 4.70. The summed E-state index contributed by atoms with van der Waals surface area (Å²) in [6.07, 6.45) is 7.30. The molecular formula is C18H12N2O2. The molecule has 1 aromatic carbocycles. The minimum Gasteiger partial charge on any atom is -0.309 e. The number of nitrogens with zero attached hydrogens (tertiary/aromatic N) is 2. The predicted molar refractivity (Wildman–Crippen MR) is 81.5 cm³/mol. The Kier molecular flexibility index (Phi) is 2.69. The number of ketones is 2. The maximum absolute atomic E-state index is 12.7. The van der Waals surface area contributed by atoms with Crippen LogP contribution in [0.3, 0.4) is 0 Å². The summed E-state index contributed by atoms with van der Waals surface area (Å²) in [7, 11) is 0. The van der Waals surface area contributed by atoms with Crippen molar-refractivity contribution in [3.63, 3.8) is 0 Å². The summed E-state index contributed by atoms with van der Waals surface area (Å²) in [5.41, 5.74) is 1.15. The lowest BCUT2D eigenvalue weighted by molar-refractivity contribution is 0.0983. The van der Waals surface area contributed by atoms with Crippen LogP contribution < -0.4 is 0 Å². The van der Waals surface area contributed by atoms with E-state index in [2.05, 4.69) is 0 Å². The molecule has 4 heteroatoms. The molecule has 2 aromatic heterocycles. The molecule has 0 saturated carbocycles. The number of Topliss-reactive ketones (excluding diaryl/α,β-unsaturated/α-hetero) is 2. The van der Waals surface area contributed by atoms with Crippen molar-refractivity contribution in [2.24, 2.45) is 0 Å². The van der Waals surface area contributed by atoms with Gasteiger partial charge in [-0.15, -0.1) is 0 Å². The fraction of sp³-hybridized carbons (Fsp3) is 0. The van der Waals surface area contributed by atoms with Crippen LogP contribution in [-0.2, 0) is 0 Å². The van der Waals surface area contributed by atoms with Gasteiger partial charge in [-0.05, 0) is 24.3 Å². The van der Waals surface area contributed by atoms with Crippen molar-refractivity contribution in [1.82, 2.24) is 9.13 Å². The molecule has 1 aliphatic rings. The highest BCUT2D eigenvalue weighted by molar-refractivity contribution is 6.39. The minimum absolute atomic E-state index is 0.202. The molecule has 0 radical (unpaired) electrons. The van der Waals surface area contributed by atoms with Gasteiger partial charge in [0.15, 0.2) is 0 Å². The second-order valence-corrected chi connectivity index (χ2v) is 5.08. The molecule has 0 aliphatic heterocycles. The van der Waals surface area contributed by atoms with Crippen LogP contribution in [0.4, 0.5) is 0 Å². The van der Waals surface area contributed by atoms with Crippen LogP contribution in [0.5, 0.6) is 0 Å². The largest absolute Gasteiger partial charge is 0.309 e. The Morgan fingerprint density at radius 3 is 1.45 bits per heavy atom. The van der Waals surface area contributed by atoms with Crippen LogP contribution in [0.25, 0.3) is 0 Å². The van der Waals surface area contributed by atoms with Crippen LogP contribution in [0, 0.1) is 5.82 Å². The highest BCUT2D eigenvalue weighted by atomic mass is 16.2. The van der Waals surface area contributed by atoms with Crippen LogP contribution in [0.15, 0.2) is 78.9 Å². The number of carbonyl (C=O) groups is 2. The number of benzene rings is 1. The van der Waals surface area contributed by atoms with Gasteiger partial charge in [-0.2, -0.15) is 0 Å². The lowest BCUT2D eigenvalue weighted by Crippen LogP contribution is -2.17. The third-order valence-electron chi connectivity index (χ3n) is 3.79. The van der Waals surface area contributed by atoms with Gasteiger partial charge in [0.2, 0.25) is 11.6 Å². The fourth-order valence-corrected chi connectivity index (χ4v) is 2.80. The first-order valence-corrected chi connectivity index (χ1v) is 6.97. The summed E-state index contributed by atoms with van der Waals surface area (Å²) >= 11 is 0. The summed E-state index contributed by atoms with van der Waals surface area (Å²) in [5, 5.41) is 0. The number of hydrogen-bond donors (Lipinski definition) is 0. The number of carbonyl (C=O) groups excluding carboxylic acids is 2. The molecule has 2 heterocycles. The van der Waals surface area contributed by atoms with Crippen LogP contribution in [0.2, 0.25) is 0 Å². The lowest BCUT2D eigenvalue weighted by Gasteiger charge is -2.13. The van der Waals surface area contributed by atoms with Gasteiger partial charge in [0.1, 0.15) is 11.4 Å². The molecule has 0 amide bonds. The molecule has 4 rings (SSSR count). The molecule has 3 aromatic rings. The maximum atomic E-state index is 12.7. The topological polar surface area (TPSA) is 44.0 Å². The number of aromatic nitrogens is 2. The third kappa shape index (κ3) is 1.71. The highest BCUT2D eigenvalue weighted by Crippen LogP contribution is 2.28. The molecule has 0 spiro atoms. The van der Waals surface area contributed by atoms with E-state index >= 15 is 0 Å². The normalized spacial score (nSPS) is 13.5. The quantitative estimate of drug-likeness (QED) is 0.537.